The second-order valence-electron chi connectivity index (χ2n) is 10.7. The van der Waals surface area contributed by atoms with Crippen LogP contribution in [0.5, 0.6) is 0 Å². The van der Waals surface area contributed by atoms with Crippen molar-refractivity contribution in [1.29, 1.82) is 0 Å². The van der Waals surface area contributed by atoms with Crippen molar-refractivity contribution in [2.24, 2.45) is 0 Å². The Bertz CT molecular complexity index is 2000. The van der Waals surface area contributed by atoms with E-state index in [0.717, 1.165) is 56.5 Å². The Morgan fingerprint density at radius 1 is 0.721 bits per heavy atom. The second kappa shape index (κ2) is 13.2. The number of aryl methyl sites for hydroxylation is 4. The molecule has 7 aromatic rings. The van der Waals surface area contributed by atoms with Crippen LogP contribution in [0.3, 0.4) is 0 Å². The summed E-state index contributed by atoms with van der Waals surface area (Å²) in [5, 5.41) is 2.06. The zero-order valence-electron chi connectivity index (χ0n) is 24.6. The number of hydrogen-bond donors (Lipinski definition) is 0. The Labute approximate surface area is 266 Å². The van der Waals surface area contributed by atoms with Crippen LogP contribution in [-0.2, 0) is 26.5 Å². The van der Waals surface area contributed by atoms with Gasteiger partial charge < -0.3 is 14.4 Å². The fourth-order valence-electron chi connectivity index (χ4n) is 4.86. The molecule has 0 aliphatic heterocycles. The van der Waals surface area contributed by atoms with Crippen LogP contribution >= 0.6 is 0 Å². The van der Waals surface area contributed by atoms with Crippen LogP contribution in [0.25, 0.3) is 44.6 Å². The maximum absolute atomic E-state index is 6.17. The predicted octanol–water partition coefficient (Wildman–Crippen LogP) is 9.21. The van der Waals surface area contributed by atoms with Crippen LogP contribution in [0, 0.1) is 39.8 Å². The largest absolute Gasteiger partial charge is 0.486 e. The molecule has 3 aromatic carbocycles. The first kappa shape index (κ1) is 30.0. The van der Waals surface area contributed by atoms with Gasteiger partial charge in [-0.15, -0.1) is 53.6 Å². The summed E-state index contributed by atoms with van der Waals surface area (Å²) in [6.45, 7) is 8.30. The summed E-state index contributed by atoms with van der Waals surface area (Å²) in [4.78, 5) is 13.7. The van der Waals surface area contributed by atoms with Crippen molar-refractivity contribution in [3.05, 3.63) is 149 Å². The number of pyridine rings is 3. The molecular weight excluding hydrogens is 707 g/mol. The van der Waals surface area contributed by atoms with Crippen LogP contribution < -0.4 is 0 Å². The van der Waals surface area contributed by atoms with Crippen LogP contribution in [0.2, 0.25) is 0 Å². The van der Waals surface area contributed by atoms with Gasteiger partial charge in [0, 0.05) is 50.0 Å². The number of rotatable bonds is 4. The maximum atomic E-state index is 6.17. The van der Waals surface area contributed by atoms with Gasteiger partial charge in [0.15, 0.2) is 0 Å². The normalized spacial score (nSPS) is 10.7. The first-order valence-electron chi connectivity index (χ1n) is 14.1. The molecule has 0 atom stereocenters. The molecule has 0 spiro atoms. The number of benzene rings is 3. The molecule has 4 heterocycles. The molecule has 0 saturated carbocycles. The minimum absolute atomic E-state index is 0. The predicted molar refractivity (Wildman–Crippen MR) is 170 cm³/mol. The summed E-state index contributed by atoms with van der Waals surface area (Å²) in [6.07, 6.45) is 4.51. The van der Waals surface area contributed by atoms with Crippen LogP contribution in [0.15, 0.2) is 108 Å². The van der Waals surface area contributed by atoms with E-state index in [2.05, 4.69) is 92.3 Å². The van der Waals surface area contributed by atoms with Crippen molar-refractivity contribution in [2.45, 2.75) is 34.1 Å². The number of furan rings is 1. The molecular formula is C38H31IrN3O-2. The van der Waals surface area contributed by atoms with E-state index in [4.69, 9.17) is 9.40 Å². The van der Waals surface area contributed by atoms with Gasteiger partial charge in [-0.25, -0.2) is 4.98 Å². The zero-order valence-corrected chi connectivity index (χ0v) is 27.0. The molecule has 0 amide bonds. The standard InChI is InChI=1S/C24H17N2O.C14H14N.Ir/c1-16-12-13-25-22(14-16)21-9-5-8-19-20-11-10-18(26-24(20)27-23(19)21)15-17-6-3-2-4-7-17;1-10-4-6-13(7-5-10)14-8-11(2)12(3)9-15-14;/h2-8,10-14H,15H2,1H3;4-6,8-9H,1-3H3;/q2*-1;. The van der Waals surface area contributed by atoms with Gasteiger partial charge in [-0.2, -0.15) is 0 Å². The summed E-state index contributed by atoms with van der Waals surface area (Å²) in [6, 6.07) is 37.3. The van der Waals surface area contributed by atoms with Gasteiger partial charge in [-0.05, 0) is 61.5 Å². The van der Waals surface area contributed by atoms with Gasteiger partial charge in [0.1, 0.15) is 0 Å². The Kier molecular flexibility index (Phi) is 9.25. The van der Waals surface area contributed by atoms with Gasteiger partial charge >= 0.3 is 0 Å². The monoisotopic (exact) mass is 738 g/mol. The summed E-state index contributed by atoms with van der Waals surface area (Å²) >= 11 is 0. The first-order chi connectivity index (χ1) is 20.4. The molecule has 215 valence electrons. The third-order valence-corrected chi connectivity index (χ3v) is 7.37. The molecule has 0 aliphatic rings. The third-order valence-electron chi connectivity index (χ3n) is 7.37. The van der Waals surface area contributed by atoms with Crippen molar-refractivity contribution in [2.75, 3.05) is 0 Å². The summed E-state index contributed by atoms with van der Waals surface area (Å²) in [5.74, 6) is 0. The number of nitrogens with zero attached hydrogens (tertiary/aromatic N) is 3. The summed E-state index contributed by atoms with van der Waals surface area (Å²) in [5.41, 5.74) is 12.4. The molecule has 0 bridgehead atoms. The molecule has 4 aromatic heterocycles. The Balaban J connectivity index is 0.000000197. The first-order valence-corrected chi connectivity index (χ1v) is 14.1. The molecule has 0 N–H and O–H groups in total. The average Bonchev–Trinajstić information content (AvgIpc) is 3.38. The molecule has 5 heteroatoms. The van der Waals surface area contributed by atoms with Gasteiger partial charge in [0.25, 0.3) is 0 Å². The van der Waals surface area contributed by atoms with E-state index < -0.39 is 0 Å². The van der Waals surface area contributed by atoms with E-state index in [9.17, 15) is 0 Å². The van der Waals surface area contributed by atoms with Gasteiger partial charge in [-0.1, -0.05) is 71.5 Å². The van der Waals surface area contributed by atoms with E-state index in [0.29, 0.717) is 5.71 Å². The average molecular weight is 738 g/mol. The Morgan fingerprint density at radius 3 is 2.30 bits per heavy atom. The minimum atomic E-state index is 0. The topological polar surface area (TPSA) is 51.8 Å². The van der Waals surface area contributed by atoms with Crippen molar-refractivity contribution >= 4 is 22.1 Å². The summed E-state index contributed by atoms with van der Waals surface area (Å²) < 4.78 is 6.17. The second-order valence-corrected chi connectivity index (χ2v) is 10.7. The Morgan fingerprint density at radius 2 is 1.56 bits per heavy atom. The Hall–Kier alpha value is -4.44. The zero-order chi connectivity index (χ0) is 29.1. The number of hydrogen-bond acceptors (Lipinski definition) is 4. The fourth-order valence-corrected chi connectivity index (χ4v) is 4.86. The third kappa shape index (κ3) is 6.80. The molecule has 0 unspecified atom stereocenters. The van der Waals surface area contributed by atoms with E-state index in [-0.39, 0.29) is 20.1 Å². The molecule has 0 aliphatic carbocycles. The maximum Gasteiger partial charge on any atom is 0.216 e. The van der Waals surface area contributed by atoms with E-state index in [1.54, 1.807) is 0 Å². The molecule has 0 fully saturated rings. The van der Waals surface area contributed by atoms with E-state index >= 15 is 0 Å². The number of fused-ring (bicyclic) bond motifs is 3. The van der Waals surface area contributed by atoms with Crippen molar-refractivity contribution in [1.82, 2.24) is 15.0 Å². The van der Waals surface area contributed by atoms with E-state index in [1.807, 2.05) is 60.9 Å². The van der Waals surface area contributed by atoms with Crippen LogP contribution in [0.1, 0.15) is 33.5 Å². The quantitative estimate of drug-likeness (QED) is 0.169. The van der Waals surface area contributed by atoms with Gasteiger partial charge in [-0.3, -0.25) is 0 Å². The van der Waals surface area contributed by atoms with Crippen molar-refractivity contribution in [3.8, 4) is 22.5 Å². The summed E-state index contributed by atoms with van der Waals surface area (Å²) in [7, 11) is 0. The number of aromatic nitrogens is 3. The SMILES string of the molecule is Cc1c[c-]c(-c2cc(C)c(C)cn2)cc1.Cc1ccnc(-c2[c-]ccc3c2oc2nc(Cc4ccccc4)ccc23)c1.[Ir]. The van der Waals surface area contributed by atoms with Crippen molar-refractivity contribution < 1.29 is 24.5 Å². The molecule has 1 radical (unpaired) electrons. The van der Waals surface area contributed by atoms with Gasteiger partial charge in [0.05, 0.1) is 5.58 Å². The minimum Gasteiger partial charge on any atom is -0.486 e. The smallest absolute Gasteiger partial charge is 0.216 e. The van der Waals surface area contributed by atoms with Crippen LogP contribution in [-0.4, -0.2) is 15.0 Å². The molecule has 43 heavy (non-hydrogen) atoms. The molecule has 4 nitrogen and oxygen atoms in total. The molecule has 0 saturated heterocycles. The van der Waals surface area contributed by atoms with Gasteiger partial charge in [0.2, 0.25) is 5.71 Å². The fraction of sp³-hybridized carbons (Fsp3) is 0.132. The molecule has 7 rings (SSSR count). The van der Waals surface area contributed by atoms with Crippen LogP contribution in [0.4, 0.5) is 0 Å². The van der Waals surface area contributed by atoms with E-state index in [1.165, 1.54) is 22.3 Å². The van der Waals surface area contributed by atoms with Crippen molar-refractivity contribution in [3.63, 3.8) is 0 Å².